The highest BCUT2D eigenvalue weighted by atomic mass is 19.1. The summed E-state index contributed by atoms with van der Waals surface area (Å²) in [6.45, 7) is 4.30. The van der Waals surface area contributed by atoms with Crippen LogP contribution in [0.2, 0.25) is 0 Å². The molecule has 2 aromatic rings. The quantitative estimate of drug-likeness (QED) is 0.753. The van der Waals surface area contributed by atoms with Gasteiger partial charge in [-0.15, -0.1) is 0 Å². The van der Waals surface area contributed by atoms with Gasteiger partial charge in [-0.3, -0.25) is 4.90 Å². The molecular weight excluding hydrogens is 335 g/mol. The molecule has 0 atom stereocenters. The van der Waals surface area contributed by atoms with Crippen molar-refractivity contribution in [2.75, 3.05) is 31.1 Å². The predicted molar refractivity (Wildman–Crippen MR) is 110 cm³/mol. The highest BCUT2D eigenvalue weighted by Gasteiger charge is 2.40. The summed E-state index contributed by atoms with van der Waals surface area (Å²) in [7, 11) is 0. The van der Waals surface area contributed by atoms with Crippen LogP contribution in [0.5, 0.6) is 0 Å². The summed E-state index contributed by atoms with van der Waals surface area (Å²) in [5, 5.41) is 0. The molecule has 1 saturated heterocycles. The van der Waals surface area contributed by atoms with Gasteiger partial charge in [-0.05, 0) is 61.1 Å². The molecule has 0 amide bonds. The maximum Gasteiger partial charge on any atom is 0.123 e. The van der Waals surface area contributed by atoms with Crippen LogP contribution in [0.1, 0.15) is 36.8 Å². The Bertz CT molecular complexity index is 826. The van der Waals surface area contributed by atoms with Gasteiger partial charge in [0.05, 0.1) is 0 Å². The van der Waals surface area contributed by atoms with Crippen molar-refractivity contribution >= 4 is 11.8 Å². The van der Waals surface area contributed by atoms with Crippen LogP contribution in [0.3, 0.4) is 0 Å². The van der Waals surface area contributed by atoms with E-state index in [4.69, 9.17) is 0 Å². The molecule has 3 aliphatic rings. The molecule has 1 aliphatic heterocycles. The molecule has 1 spiro atoms. The van der Waals surface area contributed by atoms with Gasteiger partial charge >= 0.3 is 0 Å². The summed E-state index contributed by atoms with van der Waals surface area (Å²) < 4.78 is 13.1. The van der Waals surface area contributed by atoms with Crippen molar-refractivity contribution in [3.8, 4) is 0 Å². The van der Waals surface area contributed by atoms with E-state index in [1.807, 2.05) is 12.1 Å². The fourth-order valence-corrected chi connectivity index (χ4v) is 5.35. The molecule has 2 aromatic carbocycles. The molecular formula is C24H27FN2. The third kappa shape index (κ3) is 3.08. The van der Waals surface area contributed by atoms with Gasteiger partial charge in [0.25, 0.3) is 0 Å². The van der Waals surface area contributed by atoms with E-state index in [2.05, 4.69) is 46.2 Å². The number of hydrogen-bond acceptors (Lipinski definition) is 2. The third-order valence-electron chi connectivity index (χ3n) is 6.95. The van der Waals surface area contributed by atoms with Gasteiger partial charge in [0.1, 0.15) is 5.82 Å². The SMILES string of the molecule is Fc1ccc(N2CCN(C3CCC4(C=Cc5ccccc54)CC3)CC2)cc1. The van der Waals surface area contributed by atoms with Crippen molar-refractivity contribution in [1.29, 1.82) is 0 Å². The smallest absolute Gasteiger partial charge is 0.123 e. The van der Waals surface area contributed by atoms with Crippen molar-refractivity contribution in [1.82, 2.24) is 4.90 Å². The summed E-state index contributed by atoms with van der Waals surface area (Å²) in [4.78, 5) is 5.08. The second-order valence-corrected chi connectivity index (χ2v) is 8.31. The zero-order valence-electron chi connectivity index (χ0n) is 15.8. The first kappa shape index (κ1) is 17.0. The number of allylic oxidation sites excluding steroid dienone is 1. The molecule has 5 rings (SSSR count). The second kappa shape index (κ2) is 6.79. The van der Waals surface area contributed by atoms with Crippen LogP contribution in [-0.2, 0) is 5.41 Å². The van der Waals surface area contributed by atoms with Crippen LogP contribution in [-0.4, -0.2) is 37.1 Å². The largest absolute Gasteiger partial charge is 0.369 e. The Morgan fingerprint density at radius 1 is 0.852 bits per heavy atom. The zero-order chi connectivity index (χ0) is 18.3. The summed E-state index contributed by atoms with van der Waals surface area (Å²) in [5.74, 6) is -0.156. The molecule has 2 fully saturated rings. The van der Waals surface area contributed by atoms with Crippen LogP contribution in [0.4, 0.5) is 10.1 Å². The number of benzene rings is 2. The van der Waals surface area contributed by atoms with E-state index in [0.717, 1.165) is 31.9 Å². The molecule has 0 bridgehead atoms. The highest BCUT2D eigenvalue weighted by molar-refractivity contribution is 5.65. The van der Waals surface area contributed by atoms with Gasteiger partial charge in [-0.25, -0.2) is 4.39 Å². The molecule has 0 aromatic heterocycles. The lowest BCUT2D eigenvalue weighted by Gasteiger charge is -2.45. The van der Waals surface area contributed by atoms with Crippen LogP contribution >= 0.6 is 0 Å². The third-order valence-corrected chi connectivity index (χ3v) is 6.95. The number of rotatable bonds is 2. The summed E-state index contributed by atoms with van der Waals surface area (Å²) in [6.07, 6.45) is 9.91. The number of fused-ring (bicyclic) bond motifs is 2. The molecule has 140 valence electrons. The van der Waals surface area contributed by atoms with Crippen molar-refractivity contribution in [3.05, 3.63) is 71.6 Å². The van der Waals surface area contributed by atoms with E-state index in [1.165, 1.54) is 31.2 Å². The Labute approximate surface area is 161 Å². The van der Waals surface area contributed by atoms with Gasteiger partial charge in [0, 0.05) is 43.3 Å². The molecule has 0 radical (unpaired) electrons. The molecule has 1 saturated carbocycles. The Morgan fingerprint density at radius 2 is 1.56 bits per heavy atom. The molecule has 27 heavy (non-hydrogen) atoms. The topological polar surface area (TPSA) is 6.48 Å². The normalized spacial score (nSPS) is 27.9. The minimum Gasteiger partial charge on any atom is -0.369 e. The van der Waals surface area contributed by atoms with E-state index >= 15 is 0 Å². The standard InChI is InChI=1S/C24H27FN2/c25-20-5-7-21(8-6-20)26-15-17-27(18-16-26)22-10-13-24(14-11-22)12-9-19-3-1-2-4-23(19)24/h1-9,12,22H,10-11,13-18H2. The molecule has 1 heterocycles. The van der Waals surface area contributed by atoms with Crippen molar-refractivity contribution < 1.29 is 4.39 Å². The van der Waals surface area contributed by atoms with Gasteiger partial charge in [0.15, 0.2) is 0 Å². The van der Waals surface area contributed by atoms with Gasteiger partial charge in [-0.2, -0.15) is 0 Å². The summed E-state index contributed by atoms with van der Waals surface area (Å²) in [6, 6.07) is 16.6. The minimum atomic E-state index is -0.156. The first-order valence-corrected chi connectivity index (χ1v) is 10.3. The average molecular weight is 362 g/mol. The lowest BCUT2D eigenvalue weighted by atomic mass is 9.69. The Kier molecular flexibility index (Phi) is 4.28. The maximum absolute atomic E-state index is 13.1. The van der Waals surface area contributed by atoms with Gasteiger partial charge in [0.2, 0.25) is 0 Å². The van der Waals surface area contributed by atoms with E-state index in [-0.39, 0.29) is 5.82 Å². The molecule has 3 heteroatoms. The predicted octanol–water partition coefficient (Wildman–Crippen LogP) is 4.86. The average Bonchev–Trinajstić information content (AvgIpc) is 3.08. The highest BCUT2D eigenvalue weighted by Crippen LogP contribution is 2.47. The number of nitrogens with zero attached hydrogens (tertiary/aromatic N) is 2. The van der Waals surface area contributed by atoms with E-state index in [0.29, 0.717) is 11.5 Å². The summed E-state index contributed by atoms with van der Waals surface area (Å²) in [5.41, 5.74) is 4.41. The lowest BCUT2D eigenvalue weighted by molar-refractivity contribution is 0.129. The number of halogens is 1. The minimum absolute atomic E-state index is 0.156. The fourth-order valence-electron chi connectivity index (χ4n) is 5.35. The molecule has 2 aliphatic carbocycles. The van der Waals surface area contributed by atoms with E-state index in [9.17, 15) is 4.39 Å². The monoisotopic (exact) mass is 362 g/mol. The Morgan fingerprint density at radius 3 is 2.30 bits per heavy atom. The lowest BCUT2D eigenvalue weighted by Crippen LogP contribution is -2.52. The molecule has 0 unspecified atom stereocenters. The van der Waals surface area contributed by atoms with E-state index in [1.54, 1.807) is 17.7 Å². The van der Waals surface area contributed by atoms with E-state index < -0.39 is 0 Å². The van der Waals surface area contributed by atoms with Crippen LogP contribution < -0.4 is 4.90 Å². The summed E-state index contributed by atoms with van der Waals surface area (Å²) >= 11 is 0. The zero-order valence-corrected chi connectivity index (χ0v) is 15.8. The number of piperazine rings is 1. The Hall–Kier alpha value is -2.13. The van der Waals surface area contributed by atoms with Crippen LogP contribution in [0.25, 0.3) is 6.08 Å². The molecule has 0 N–H and O–H groups in total. The Balaban J connectivity index is 1.19. The fraction of sp³-hybridized carbons (Fsp3) is 0.417. The first-order chi connectivity index (χ1) is 13.2. The van der Waals surface area contributed by atoms with Crippen molar-refractivity contribution in [2.24, 2.45) is 0 Å². The first-order valence-electron chi connectivity index (χ1n) is 10.3. The maximum atomic E-state index is 13.1. The number of hydrogen-bond donors (Lipinski definition) is 0. The van der Waals surface area contributed by atoms with Crippen LogP contribution in [0.15, 0.2) is 54.6 Å². The van der Waals surface area contributed by atoms with Crippen molar-refractivity contribution in [2.45, 2.75) is 37.1 Å². The molecule has 2 nitrogen and oxygen atoms in total. The van der Waals surface area contributed by atoms with Gasteiger partial charge < -0.3 is 4.90 Å². The van der Waals surface area contributed by atoms with Crippen LogP contribution in [0, 0.1) is 5.82 Å². The number of anilines is 1. The van der Waals surface area contributed by atoms with Gasteiger partial charge in [-0.1, -0.05) is 36.4 Å². The van der Waals surface area contributed by atoms with Crippen molar-refractivity contribution in [3.63, 3.8) is 0 Å². The second-order valence-electron chi connectivity index (χ2n) is 8.31.